The minimum Gasteiger partial charge on any atom is -0.318 e. The van der Waals surface area contributed by atoms with Crippen LogP contribution in [0.2, 0.25) is 0 Å². The minimum absolute atomic E-state index is 0.345. The van der Waals surface area contributed by atoms with Gasteiger partial charge in [-0.25, -0.2) is 4.98 Å². The molecule has 4 nitrogen and oxygen atoms in total. The van der Waals surface area contributed by atoms with E-state index in [0.717, 1.165) is 24.1 Å². The maximum absolute atomic E-state index is 8.82. The molecule has 2 rings (SSSR count). The van der Waals surface area contributed by atoms with E-state index in [-0.39, 0.29) is 0 Å². The summed E-state index contributed by atoms with van der Waals surface area (Å²) in [5.74, 6) is 0.635. The van der Waals surface area contributed by atoms with Gasteiger partial charge in [0.25, 0.3) is 0 Å². The Kier molecular flexibility index (Phi) is 3.96. The summed E-state index contributed by atoms with van der Waals surface area (Å²) in [6, 6.07) is 6.16. The summed E-state index contributed by atoms with van der Waals surface area (Å²) in [5, 5.41) is 13.4. The van der Waals surface area contributed by atoms with Crippen LogP contribution in [0, 0.1) is 17.2 Å². The maximum atomic E-state index is 8.82. The van der Waals surface area contributed by atoms with Gasteiger partial charge in [0.05, 0.1) is 6.07 Å². The number of nitrogens with one attached hydrogen (secondary N) is 1. The Hall–Kier alpha value is -1.86. The second-order valence-electron chi connectivity index (χ2n) is 4.84. The van der Waals surface area contributed by atoms with E-state index in [1.807, 2.05) is 16.8 Å². The average molecular weight is 242 g/mol. The fraction of sp³-hybridized carbons (Fsp3) is 0.429. The maximum Gasteiger partial charge on any atom is 0.141 e. The van der Waals surface area contributed by atoms with E-state index in [1.54, 1.807) is 6.20 Å². The fourth-order valence-electron chi connectivity index (χ4n) is 2.03. The van der Waals surface area contributed by atoms with Crippen LogP contribution < -0.4 is 5.32 Å². The molecule has 18 heavy (non-hydrogen) atoms. The van der Waals surface area contributed by atoms with Crippen molar-refractivity contribution in [2.24, 2.45) is 5.92 Å². The molecule has 0 unspecified atom stereocenters. The molecular weight excluding hydrogens is 224 g/mol. The number of hydrogen-bond donors (Lipinski definition) is 1. The number of fused-ring (bicyclic) bond motifs is 1. The van der Waals surface area contributed by atoms with Crippen molar-refractivity contribution in [1.82, 2.24) is 14.9 Å². The summed E-state index contributed by atoms with van der Waals surface area (Å²) in [6.45, 7) is 6.53. The van der Waals surface area contributed by atoms with E-state index in [4.69, 9.17) is 5.26 Å². The molecule has 0 amide bonds. The van der Waals surface area contributed by atoms with E-state index in [0.29, 0.717) is 12.5 Å². The molecule has 0 fully saturated rings. The molecule has 94 valence electrons. The van der Waals surface area contributed by atoms with Gasteiger partial charge in [-0.15, -0.1) is 0 Å². The smallest absolute Gasteiger partial charge is 0.141 e. The number of nitrogens with zero attached hydrogens (tertiary/aromatic N) is 3. The minimum atomic E-state index is 0.345. The topological polar surface area (TPSA) is 53.6 Å². The largest absolute Gasteiger partial charge is 0.318 e. The quantitative estimate of drug-likeness (QED) is 0.875. The highest BCUT2D eigenvalue weighted by Crippen LogP contribution is 2.19. The first-order valence-electron chi connectivity index (χ1n) is 6.22. The second-order valence-corrected chi connectivity index (χ2v) is 4.84. The first-order valence-corrected chi connectivity index (χ1v) is 6.22. The van der Waals surface area contributed by atoms with E-state index >= 15 is 0 Å². The molecule has 0 aromatic carbocycles. The normalized spacial score (nSPS) is 11.0. The Bertz CT molecular complexity index is 563. The summed E-state index contributed by atoms with van der Waals surface area (Å²) < 4.78 is 1.90. The Balaban J connectivity index is 2.25. The predicted molar refractivity (Wildman–Crippen MR) is 71.9 cm³/mol. The highest BCUT2D eigenvalue weighted by atomic mass is 15.0. The van der Waals surface area contributed by atoms with Crippen LogP contribution >= 0.6 is 0 Å². The highest BCUT2D eigenvalue weighted by molar-refractivity contribution is 5.80. The van der Waals surface area contributed by atoms with Gasteiger partial charge in [-0.1, -0.05) is 13.8 Å². The number of pyridine rings is 1. The number of rotatable bonds is 5. The zero-order valence-electron chi connectivity index (χ0n) is 10.8. The Morgan fingerprint density at radius 1 is 1.50 bits per heavy atom. The average Bonchev–Trinajstić information content (AvgIpc) is 2.69. The Labute approximate surface area is 107 Å². The van der Waals surface area contributed by atoms with Gasteiger partial charge in [-0.05, 0) is 30.2 Å². The number of nitriles is 1. The molecule has 4 heteroatoms. The van der Waals surface area contributed by atoms with Crippen LogP contribution in [0.15, 0.2) is 24.5 Å². The molecule has 0 saturated carbocycles. The van der Waals surface area contributed by atoms with Gasteiger partial charge in [0.15, 0.2) is 0 Å². The van der Waals surface area contributed by atoms with Crippen LogP contribution in [0.5, 0.6) is 0 Å². The van der Waals surface area contributed by atoms with Crippen molar-refractivity contribution in [3.8, 4) is 6.07 Å². The van der Waals surface area contributed by atoms with Gasteiger partial charge in [0.1, 0.15) is 12.2 Å². The molecule has 0 atom stereocenters. The molecular formula is C14H18N4. The van der Waals surface area contributed by atoms with E-state index < -0.39 is 0 Å². The second kappa shape index (κ2) is 5.65. The lowest BCUT2D eigenvalue weighted by Gasteiger charge is -2.06. The predicted octanol–water partition coefficient (Wildman–Crippen LogP) is 2.31. The third kappa shape index (κ3) is 2.69. The summed E-state index contributed by atoms with van der Waals surface area (Å²) in [7, 11) is 0. The number of hydrogen-bond acceptors (Lipinski definition) is 3. The van der Waals surface area contributed by atoms with Crippen molar-refractivity contribution >= 4 is 11.0 Å². The molecule has 0 aliphatic heterocycles. The molecule has 2 aromatic heterocycles. The zero-order valence-corrected chi connectivity index (χ0v) is 10.8. The summed E-state index contributed by atoms with van der Waals surface area (Å²) >= 11 is 0. The van der Waals surface area contributed by atoms with Crippen molar-refractivity contribution in [3.63, 3.8) is 0 Å². The SMILES string of the molecule is CC(C)CNCc1cn(CC#N)c2ncccc12. The van der Waals surface area contributed by atoms with Crippen molar-refractivity contribution in [2.45, 2.75) is 26.9 Å². The first kappa shape index (κ1) is 12.6. The van der Waals surface area contributed by atoms with Crippen molar-refractivity contribution < 1.29 is 0 Å². The molecule has 1 N–H and O–H groups in total. The van der Waals surface area contributed by atoms with Crippen molar-refractivity contribution in [1.29, 1.82) is 5.26 Å². The van der Waals surface area contributed by atoms with Crippen LogP contribution in [0.1, 0.15) is 19.4 Å². The molecule has 0 radical (unpaired) electrons. The van der Waals surface area contributed by atoms with Crippen molar-refractivity contribution in [2.75, 3.05) is 6.54 Å². The molecule has 0 aliphatic rings. The van der Waals surface area contributed by atoms with Crippen molar-refractivity contribution in [3.05, 3.63) is 30.1 Å². The van der Waals surface area contributed by atoms with Gasteiger partial charge in [-0.2, -0.15) is 5.26 Å². The molecule has 0 bridgehead atoms. The molecule has 0 spiro atoms. The van der Waals surface area contributed by atoms with Crippen LogP contribution in [0.25, 0.3) is 11.0 Å². The van der Waals surface area contributed by atoms with Crippen LogP contribution in [0.3, 0.4) is 0 Å². The van der Waals surface area contributed by atoms with Gasteiger partial charge in [-0.3, -0.25) is 0 Å². The Morgan fingerprint density at radius 2 is 2.33 bits per heavy atom. The lowest BCUT2D eigenvalue weighted by molar-refractivity contribution is 0.553. The lowest BCUT2D eigenvalue weighted by atomic mass is 10.2. The molecule has 2 heterocycles. The summed E-state index contributed by atoms with van der Waals surface area (Å²) in [6.07, 6.45) is 3.79. The standard InChI is InChI=1S/C14H18N4/c1-11(2)8-16-9-12-10-18(7-5-15)14-13(12)4-3-6-17-14/h3-4,6,10-11,16H,7-9H2,1-2H3. The molecule has 0 aliphatic carbocycles. The monoisotopic (exact) mass is 242 g/mol. The summed E-state index contributed by atoms with van der Waals surface area (Å²) in [5.41, 5.74) is 2.09. The van der Waals surface area contributed by atoms with Gasteiger partial charge < -0.3 is 9.88 Å². The van der Waals surface area contributed by atoms with E-state index in [1.165, 1.54) is 5.56 Å². The lowest BCUT2D eigenvalue weighted by Crippen LogP contribution is -2.18. The number of aromatic nitrogens is 2. The zero-order chi connectivity index (χ0) is 13.0. The van der Waals surface area contributed by atoms with Crippen LogP contribution in [-0.4, -0.2) is 16.1 Å². The third-order valence-corrected chi connectivity index (χ3v) is 2.83. The Morgan fingerprint density at radius 3 is 3.06 bits per heavy atom. The van der Waals surface area contributed by atoms with Crippen LogP contribution in [0.4, 0.5) is 0 Å². The third-order valence-electron chi connectivity index (χ3n) is 2.83. The van der Waals surface area contributed by atoms with E-state index in [2.05, 4.69) is 36.3 Å². The van der Waals surface area contributed by atoms with Gasteiger partial charge >= 0.3 is 0 Å². The van der Waals surface area contributed by atoms with Gasteiger partial charge in [0.2, 0.25) is 0 Å². The van der Waals surface area contributed by atoms with Crippen LogP contribution in [-0.2, 0) is 13.1 Å². The van der Waals surface area contributed by atoms with Gasteiger partial charge in [0, 0.05) is 24.3 Å². The molecule has 0 saturated heterocycles. The molecule has 2 aromatic rings. The fourth-order valence-corrected chi connectivity index (χ4v) is 2.03. The summed E-state index contributed by atoms with van der Waals surface area (Å²) in [4.78, 5) is 4.35. The van der Waals surface area contributed by atoms with E-state index in [9.17, 15) is 0 Å². The highest BCUT2D eigenvalue weighted by Gasteiger charge is 2.08. The first-order chi connectivity index (χ1) is 8.72.